The summed E-state index contributed by atoms with van der Waals surface area (Å²) >= 11 is 0. The first-order valence-electron chi connectivity index (χ1n) is 11.1. The molecular formula is C24H22N2O4. The highest BCUT2D eigenvalue weighted by Gasteiger charge is 2.61. The van der Waals surface area contributed by atoms with Crippen LogP contribution in [0.1, 0.15) is 25.7 Å². The third-order valence-corrected chi connectivity index (χ3v) is 8.76. The van der Waals surface area contributed by atoms with Crippen molar-refractivity contribution in [1.82, 2.24) is 0 Å². The van der Waals surface area contributed by atoms with Crippen molar-refractivity contribution in [1.29, 1.82) is 0 Å². The van der Waals surface area contributed by atoms with Gasteiger partial charge in [-0.15, -0.1) is 0 Å². The average Bonchev–Trinajstić information content (AvgIpc) is 3.56. The zero-order valence-corrected chi connectivity index (χ0v) is 16.4. The summed E-state index contributed by atoms with van der Waals surface area (Å²) < 4.78 is 0. The molecule has 4 aliphatic carbocycles. The van der Waals surface area contributed by atoms with Gasteiger partial charge in [0.1, 0.15) is 0 Å². The fourth-order valence-corrected chi connectivity index (χ4v) is 7.57. The van der Waals surface area contributed by atoms with E-state index in [1.54, 1.807) is 24.3 Å². The van der Waals surface area contributed by atoms with E-state index in [2.05, 4.69) is 12.2 Å². The van der Waals surface area contributed by atoms with Gasteiger partial charge in [-0.2, -0.15) is 0 Å². The van der Waals surface area contributed by atoms with Gasteiger partial charge in [0.15, 0.2) is 0 Å². The number of fused-ring (bicyclic) bond motifs is 10. The lowest BCUT2D eigenvalue weighted by Gasteiger charge is -2.20. The molecule has 4 amide bonds. The van der Waals surface area contributed by atoms with Crippen LogP contribution in [-0.2, 0) is 19.2 Å². The summed E-state index contributed by atoms with van der Waals surface area (Å²) in [6.45, 7) is 0. The minimum Gasteiger partial charge on any atom is -0.274 e. The fourth-order valence-electron chi connectivity index (χ4n) is 7.57. The highest BCUT2D eigenvalue weighted by Crippen LogP contribution is 2.57. The van der Waals surface area contributed by atoms with Gasteiger partial charge in [-0.1, -0.05) is 12.2 Å². The number of carbonyl (C=O) groups is 4. The Morgan fingerprint density at radius 2 is 0.967 bits per heavy atom. The molecule has 0 unspecified atom stereocenters. The van der Waals surface area contributed by atoms with E-state index < -0.39 is 0 Å². The van der Waals surface area contributed by atoms with Crippen molar-refractivity contribution in [3.05, 3.63) is 36.4 Å². The molecule has 0 radical (unpaired) electrons. The maximum Gasteiger partial charge on any atom is 0.238 e. The first-order chi connectivity index (χ1) is 14.5. The standard InChI is InChI=1S/C24H22N2O4/c27-21-17-11-1-2-12(9-11)18(17)22(28)25(21)15-5-7-16(8-6-15)26-23(29)19-13-3-4-14(10-13)20(19)24(26)30/h1-2,5-8,11-14,17-20H,3-4,9-10H2/t11-,12-,13-,14+,17-,18+,19-,20+/m0/s1. The molecule has 0 spiro atoms. The molecule has 0 N–H and O–H groups in total. The van der Waals surface area contributed by atoms with Gasteiger partial charge in [-0.05, 0) is 73.6 Å². The van der Waals surface area contributed by atoms with Crippen LogP contribution in [0.5, 0.6) is 0 Å². The molecule has 152 valence electrons. The highest BCUT2D eigenvalue weighted by atomic mass is 16.2. The summed E-state index contributed by atoms with van der Waals surface area (Å²) in [5.74, 6) is -0.0971. The smallest absolute Gasteiger partial charge is 0.238 e. The largest absolute Gasteiger partial charge is 0.274 e. The van der Waals surface area contributed by atoms with Crippen LogP contribution >= 0.6 is 0 Å². The summed E-state index contributed by atoms with van der Waals surface area (Å²) in [5, 5.41) is 0. The normalized spacial score (nSPS) is 42.8. The molecule has 6 nitrogen and oxygen atoms in total. The summed E-state index contributed by atoms with van der Waals surface area (Å²) in [7, 11) is 0. The summed E-state index contributed by atoms with van der Waals surface area (Å²) in [6, 6.07) is 6.81. The van der Waals surface area contributed by atoms with Crippen molar-refractivity contribution < 1.29 is 19.2 Å². The van der Waals surface area contributed by atoms with Crippen LogP contribution in [0, 0.1) is 47.3 Å². The Balaban J connectivity index is 1.18. The van der Waals surface area contributed by atoms with Crippen molar-refractivity contribution in [2.24, 2.45) is 47.3 Å². The molecule has 5 fully saturated rings. The molecule has 2 saturated heterocycles. The van der Waals surface area contributed by atoms with Gasteiger partial charge in [0.25, 0.3) is 0 Å². The van der Waals surface area contributed by atoms with Gasteiger partial charge in [0.2, 0.25) is 23.6 Å². The molecule has 2 heterocycles. The number of imide groups is 2. The van der Waals surface area contributed by atoms with E-state index in [0.717, 1.165) is 25.7 Å². The lowest BCUT2D eigenvalue weighted by atomic mass is 9.81. The van der Waals surface area contributed by atoms with Crippen LogP contribution in [0.3, 0.4) is 0 Å². The van der Waals surface area contributed by atoms with Gasteiger partial charge in [0.05, 0.1) is 35.0 Å². The molecule has 3 saturated carbocycles. The zero-order valence-electron chi connectivity index (χ0n) is 16.4. The lowest BCUT2D eigenvalue weighted by Crippen LogP contribution is -2.34. The van der Waals surface area contributed by atoms with Crippen LogP contribution in [-0.4, -0.2) is 23.6 Å². The maximum absolute atomic E-state index is 13.0. The number of hydrogen-bond acceptors (Lipinski definition) is 4. The first-order valence-corrected chi connectivity index (χ1v) is 11.1. The van der Waals surface area contributed by atoms with Crippen LogP contribution in [0.25, 0.3) is 0 Å². The van der Waals surface area contributed by atoms with E-state index in [1.165, 1.54) is 9.80 Å². The van der Waals surface area contributed by atoms with Gasteiger partial charge >= 0.3 is 0 Å². The van der Waals surface area contributed by atoms with Crippen molar-refractivity contribution in [3.8, 4) is 0 Å². The molecule has 1 aromatic rings. The highest BCUT2D eigenvalue weighted by molar-refractivity contribution is 6.24. The van der Waals surface area contributed by atoms with E-state index in [-0.39, 0.29) is 59.1 Å². The number of carbonyl (C=O) groups excluding carboxylic acids is 4. The number of nitrogens with zero attached hydrogens (tertiary/aromatic N) is 2. The molecular weight excluding hydrogens is 380 g/mol. The van der Waals surface area contributed by atoms with Crippen LogP contribution in [0.2, 0.25) is 0 Å². The van der Waals surface area contributed by atoms with Crippen LogP contribution in [0.4, 0.5) is 11.4 Å². The second kappa shape index (κ2) is 5.48. The van der Waals surface area contributed by atoms with Crippen molar-refractivity contribution in [2.45, 2.75) is 25.7 Å². The van der Waals surface area contributed by atoms with E-state index in [9.17, 15) is 19.2 Å². The molecule has 1 aromatic carbocycles. The quantitative estimate of drug-likeness (QED) is 0.563. The maximum atomic E-state index is 13.0. The molecule has 6 aliphatic rings. The van der Waals surface area contributed by atoms with E-state index in [0.29, 0.717) is 23.2 Å². The zero-order chi connectivity index (χ0) is 20.3. The number of hydrogen-bond donors (Lipinski definition) is 0. The van der Waals surface area contributed by atoms with Gasteiger partial charge < -0.3 is 0 Å². The minimum absolute atomic E-state index is 0.0737. The molecule has 30 heavy (non-hydrogen) atoms. The van der Waals surface area contributed by atoms with Crippen molar-refractivity contribution in [2.75, 3.05) is 9.80 Å². The number of rotatable bonds is 2. The van der Waals surface area contributed by atoms with E-state index in [1.807, 2.05) is 0 Å². The third-order valence-electron chi connectivity index (χ3n) is 8.76. The predicted octanol–water partition coefficient (Wildman–Crippen LogP) is 2.53. The molecule has 8 atom stereocenters. The van der Waals surface area contributed by atoms with E-state index in [4.69, 9.17) is 0 Å². The second-order valence-corrected chi connectivity index (χ2v) is 9.92. The first kappa shape index (κ1) is 17.0. The van der Waals surface area contributed by atoms with Crippen LogP contribution < -0.4 is 9.80 Å². The second-order valence-electron chi connectivity index (χ2n) is 9.92. The van der Waals surface area contributed by atoms with Gasteiger partial charge in [-0.3, -0.25) is 29.0 Å². The molecule has 0 aromatic heterocycles. The summed E-state index contributed by atoms with van der Waals surface area (Å²) in [6.07, 6.45) is 8.18. The Kier molecular flexibility index (Phi) is 3.10. The fraction of sp³-hybridized carbons (Fsp3) is 0.500. The molecule has 4 bridgehead atoms. The number of amides is 4. The van der Waals surface area contributed by atoms with Gasteiger partial charge in [-0.25, -0.2) is 0 Å². The Labute approximate surface area is 173 Å². The Bertz CT molecular complexity index is 980. The topological polar surface area (TPSA) is 74.8 Å². The molecule has 6 heteroatoms. The Hall–Kier alpha value is -2.76. The SMILES string of the molecule is O=C1[C@@H]2[C@@H]3CC[C@@H](C3)[C@@H]2C(=O)N1c1ccc(N2C(=O)[C@@H]3[C@H](C2=O)[C@H]2C=C[C@H]3C2)cc1. The van der Waals surface area contributed by atoms with Crippen LogP contribution in [0.15, 0.2) is 36.4 Å². The minimum atomic E-state index is -0.233. The number of allylic oxidation sites excluding steroid dienone is 2. The van der Waals surface area contributed by atoms with Crippen molar-refractivity contribution in [3.63, 3.8) is 0 Å². The molecule has 7 rings (SSSR count). The summed E-state index contributed by atoms with van der Waals surface area (Å²) in [4.78, 5) is 54.7. The monoisotopic (exact) mass is 402 g/mol. The van der Waals surface area contributed by atoms with E-state index >= 15 is 0 Å². The average molecular weight is 402 g/mol. The lowest BCUT2D eigenvalue weighted by molar-refractivity contribution is -0.124. The van der Waals surface area contributed by atoms with Gasteiger partial charge in [0, 0.05) is 0 Å². The third kappa shape index (κ3) is 1.86. The number of benzene rings is 1. The Morgan fingerprint density at radius 1 is 0.567 bits per heavy atom. The number of anilines is 2. The Morgan fingerprint density at radius 3 is 1.40 bits per heavy atom. The summed E-state index contributed by atoms with van der Waals surface area (Å²) in [5.41, 5.74) is 1.07. The predicted molar refractivity (Wildman–Crippen MR) is 107 cm³/mol. The van der Waals surface area contributed by atoms with Crippen molar-refractivity contribution >= 4 is 35.0 Å². The molecule has 2 aliphatic heterocycles.